The molecule has 2 saturated heterocycles. The number of amides is 1. The maximum absolute atomic E-state index is 12.2. The van der Waals surface area contributed by atoms with Crippen LogP contribution in [-0.2, 0) is 11.3 Å². The number of nitrogens with zero attached hydrogens (tertiary/aromatic N) is 2. The predicted molar refractivity (Wildman–Crippen MR) is 106 cm³/mol. The number of halogens is 1. The number of carbonyl (C=O) groups is 1. The summed E-state index contributed by atoms with van der Waals surface area (Å²) >= 11 is 0. The summed E-state index contributed by atoms with van der Waals surface area (Å²) in [7, 11) is 0. The third-order valence-corrected chi connectivity index (χ3v) is 5.60. The summed E-state index contributed by atoms with van der Waals surface area (Å²) in [5.74, 6) is 0.715. The predicted octanol–water partition coefficient (Wildman–Crippen LogP) is 1.57. The van der Waals surface area contributed by atoms with E-state index in [1.165, 1.54) is 0 Å². The van der Waals surface area contributed by atoms with Crippen LogP contribution in [-0.4, -0.2) is 78.5 Å². The Balaban J connectivity index is 1.43. The fraction of sp³-hybridized carbons (Fsp3) is 0.667. The van der Waals surface area contributed by atoms with Gasteiger partial charge in [-0.3, -0.25) is 9.69 Å². The molecule has 6 nitrogen and oxygen atoms in total. The van der Waals surface area contributed by atoms with Crippen molar-refractivity contribution in [3.63, 3.8) is 0 Å². The van der Waals surface area contributed by atoms with Gasteiger partial charge in [-0.05, 0) is 37.0 Å². The van der Waals surface area contributed by atoms with Crippen molar-refractivity contribution in [1.82, 2.24) is 15.1 Å². The molecule has 7 heteroatoms. The molecule has 0 bridgehead atoms. The van der Waals surface area contributed by atoms with Gasteiger partial charge in [-0.25, -0.2) is 4.39 Å². The molecule has 2 heterocycles. The molecule has 28 heavy (non-hydrogen) atoms. The number of carbonyl (C=O) groups excluding carboxylic acids is 1. The van der Waals surface area contributed by atoms with Crippen molar-refractivity contribution in [1.29, 1.82) is 0 Å². The lowest BCUT2D eigenvalue weighted by atomic mass is 9.99. The van der Waals surface area contributed by atoms with Crippen molar-refractivity contribution in [2.75, 3.05) is 46.0 Å². The maximum atomic E-state index is 12.2. The Kier molecular flexibility index (Phi) is 7.26. The number of aliphatic hydroxyl groups is 1. The molecule has 2 fully saturated rings. The molecule has 2 N–H and O–H groups in total. The molecule has 3 rings (SSSR count). The highest BCUT2D eigenvalue weighted by Gasteiger charge is 2.38. The van der Waals surface area contributed by atoms with E-state index in [0.717, 1.165) is 51.0 Å². The summed E-state index contributed by atoms with van der Waals surface area (Å²) in [4.78, 5) is 15.8. The molecule has 1 atom stereocenters. The first kappa shape index (κ1) is 21.0. The van der Waals surface area contributed by atoms with Crippen LogP contribution >= 0.6 is 0 Å². The number of alkyl halides is 1. The van der Waals surface area contributed by atoms with Crippen LogP contribution in [0.25, 0.3) is 0 Å². The minimum absolute atomic E-state index is 0.0329. The number of hydrogen-bond acceptors (Lipinski definition) is 5. The summed E-state index contributed by atoms with van der Waals surface area (Å²) in [6.07, 6.45) is 2.66. The van der Waals surface area contributed by atoms with Gasteiger partial charge in [-0.2, -0.15) is 0 Å². The average molecular weight is 394 g/mol. The SMILES string of the molecule is CC(=O)NC1CCN(C[C@@]2(O)CCN(Cc3ccc(OCCF)cc3)C2)CC1. The Hall–Kier alpha value is -1.70. The van der Waals surface area contributed by atoms with Gasteiger partial charge in [0.25, 0.3) is 0 Å². The van der Waals surface area contributed by atoms with Crippen LogP contribution in [0.3, 0.4) is 0 Å². The lowest BCUT2D eigenvalue weighted by Crippen LogP contribution is -2.50. The molecule has 0 unspecified atom stereocenters. The molecule has 0 saturated carbocycles. The Labute approximate surface area is 166 Å². The van der Waals surface area contributed by atoms with Crippen LogP contribution < -0.4 is 10.1 Å². The number of β-amino-alcohol motifs (C(OH)–C–C–N with tert-alkyl or cyclic N) is 1. The zero-order valence-corrected chi connectivity index (χ0v) is 16.7. The first-order chi connectivity index (χ1) is 13.5. The zero-order chi connectivity index (χ0) is 20.0. The average Bonchev–Trinajstić information content (AvgIpc) is 3.03. The summed E-state index contributed by atoms with van der Waals surface area (Å²) in [5, 5.41) is 14.0. The topological polar surface area (TPSA) is 65.0 Å². The number of likely N-dealkylation sites (tertiary alicyclic amines) is 2. The van der Waals surface area contributed by atoms with E-state index >= 15 is 0 Å². The first-order valence-corrected chi connectivity index (χ1v) is 10.2. The molecule has 1 aromatic rings. The monoisotopic (exact) mass is 393 g/mol. The van der Waals surface area contributed by atoms with Gasteiger partial charge in [0.05, 0.1) is 5.60 Å². The number of rotatable bonds is 8. The fourth-order valence-electron chi connectivity index (χ4n) is 4.25. The lowest BCUT2D eigenvalue weighted by Gasteiger charge is -2.36. The van der Waals surface area contributed by atoms with Crippen molar-refractivity contribution in [2.45, 2.75) is 44.4 Å². The van der Waals surface area contributed by atoms with Crippen LogP contribution in [0, 0.1) is 0 Å². The maximum Gasteiger partial charge on any atom is 0.217 e. The fourth-order valence-corrected chi connectivity index (χ4v) is 4.25. The van der Waals surface area contributed by atoms with Crippen molar-refractivity contribution in [3.05, 3.63) is 29.8 Å². The molecular weight excluding hydrogens is 361 g/mol. The number of benzene rings is 1. The molecule has 2 aliphatic heterocycles. The van der Waals surface area contributed by atoms with Crippen molar-refractivity contribution in [2.24, 2.45) is 0 Å². The highest BCUT2D eigenvalue weighted by atomic mass is 19.1. The summed E-state index contributed by atoms with van der Waals surface area (Å²) in [6, 6.07) is 7.99. The van der Waals surface area contributed by atoms with Crippen LogP contribution in [0.5, 0.6) is 5.75 Å². The third-order valence-electron chi connectivity index (χ3n) is 5.60. The van der Waals surface area contributed by atoms with Crippen molar-refractivity contribution >= 4 is 5.91 Å². The van der Waals surface area contributed by atoms with Gasteiger partial charge < -0.3 is 20.1 Å². The van der Waals surface area contributed by atoms with Gasteiger partial charge in [0.15, 0.2) is 0 Å². The molecule has 1 aromatic carbocycles. The van der Waals surface area contributed by atoms with Crippen LogP contribution in [0.1, 0.15) is 31.7 Å². The van der Waals surface area contributed by atoms with E-state index in [1.54, 1.807) is 6.92 Å². The summed E-state index contributed by atoms with van der Waals surface area (Å²) in [5.41, 5.74) is 0.485. The van der Waals surface area contributed by atoms with Gasteiger partial charge in [0.1, 0.15) is 19.0 Å². The third kappa shape index (κ3) is 6.15. The van der Waals surface area contributed by atoms with Crippen LogP contribution in [0.4, 0.5) is 4.39 Å². The minimum atomic E-state index is -0.676. The Morgan fingerprint density at radius 3 is 2.61 bits per heavy atom. The van der Waals surface area contributed by atoms with E-state index in [4.69, 9.17) is 4.74 Å². The van der Waals surface area contributed by atoms with Crippen molar-refractivity contribution < 1.29 is 19.0 Å². The minimum Gasteiger partial charge on any atom is -0.491 e. The smallest absolute Gasteiger partial charge is 0.217 e. The van der Waals surface area contributed by atoms with E-state index in [-0.39, 0.29) is 18.6 Å². The number of piperidine rings is 1. The summed E-state index contributed by atoms with van der Waals surface area (Å²) in [6.45, 7) is 5.99. The lowest BCUT2D eigenvalue weighted by molar-refractivity contribution is -0.120. The highest BCUT2D eigenvalue weighted by molar-refractivity contribution is 5.73. The second-order valence-electron chi connectivity index (χ2n) is 8.12. The molecule has 0 aromatic heterocycles. The Morgan fingerprint density at radius 1 is 1.25 bits per heavy atom. The van der Waals surface area contributed by atoms with Gasteiger partial charge in [-0.15, -0.1) is 0 Å². The molecule has 1 amide bonds. The second kappa shape index (κ2) is 9.67. The van der Waals surface area contributed by atoms with Gasteiger partial charge in [0.2, 0.25) is 5.91 Å². The Morgan fingerprint density at radius 2 is 1.96 bits per heavy atom. The number of hydrogen-bond donors (Lipinski definition) is 2. The summed E-state index contributed by atoms with van der Waals surface area (Å²) < 4.78 is 17.4. The van der Waals surface area contributed by atoms with E-state index in [1.807, 2.05) is 24.3 Å². The quantitative estimate of drug-likeness (QED) is 0.702. The normalized spacial score (nSPS) is 24.4. The van der Waals surface area contributed by atoms with Gasteiger partial charge in [-0.1, -0.05) is 12.1 Å². The Bertz CT molecular complexity index is 634. The van der Waals surface area contributed by atoms with Crippen LogP contribution in [0.2, 0.25) is 0 Å². The largest absolute Gasteiger partial charge is 0.491 e. The van der Waals surface area contributed by atoms with Gasteiger partial charge in [0, 0.05) is 52.2 Å². The van der Waals surface area contributed by atoms with E-state index in [2.05, 4.69) is 15.1 Å². The molecule has 2 aliphatic rings. The molecule has 0 spiro atoms. The molecule has 0 radical (unpaired) electrons. The highest BCUT2D eigenvalue weighted by Crippen LogP contribution is 2.26. The van der Waals surface area contributed by atoms with E-state index in [9.17, 15) is 14.3 Å². The van der Waals surface area contributed by atoms with E-state index < -0.39 is 12.3 Å². The van der Waals surface area contributed by atoms with Crippen molar-refractivity contribution in [3.8, 4) is 5.75 Å². The molecule has 156 valence electrons. The van der Waals surface area contributed by atoms with Crippen LogP contribution in [0.15, 0.2) is 24.3 Å². The standard InChI is InChI=1S/C21H32FN3O3/c1-17(26)23-19-6-10-24(11-7-19)15-21(27)8-12-25(16-21)14-18-2-4-20(5-3-18)28-13-9-22/h2-5,19,27H,6-16H2,1H3,(H,23,26)/t21-/m0/s1. The molecular formula is C21H32FN3O3. The zero-order valence-electron chi connectivity index (χ0n) is 16.7. The number of nitrogens with one attached hydrogen (secondary N) is 1. The molecule has 0 aliphatic carbocycles. The van der Waals surface area contributed by atoms with Gasteiger partial charge >= 0.3 is 0 Å². The number of ether oxygens (including phenoxy) is 1. The second-order valence-corrected chi connectivity index (χ2v) is 8.12. The first-order valence-electron chi connectivity index (χ1n) is 10.2. The van der Waals surface area contributed by atoms with E-state index in [0.29, 0.717) is 18.8 Å².